The molecule has 0 radical (unpaired) electrons. The number of thiol groups is 1. The zero-order chi connectivity index (χ0) is 12.0. The molecule has 88 valence electrons. The number of hydrogen-bond acceptors (Lipinski definition) is 3. The van der Waals surface area contributed by atoms with Crippen LogP contribution in [-0.2, 0) is 11.2 Å². The third kappa shape index (κ3) is 3.77. The third-order valence-electron chi connectivity index (χ3n) is 2.30. The molecular formula is C12H17NO2S. The Labute approximate surface area is 102 Å². The number of benzene rings is 1. The van der Waals surface area contributed by atoms with Gasteiger partial charge in [0.15, 0.2) is 0 Å². The Morgan fingerprint density at radius 3 is 2.88 bits per heavy atom. The molecule has 0 unspecified atom stereocenters. The summed E-state index contributed by atoms with van der Waals surface area (Å²) in [7, 11) is 1.65. The van der Waals surface area contributed by atoms with Crippen molar-refractivity contribution in [2.45, 2.75) is 13.3 Å². The fraction of sp³-hybridized carbons (Fsp3) is 0.417. The Morgan fingerprint density at radius 1 is 1.50 bits per heavy atom. The molecule has 0 saturated heterocycles. The van der Waals surface area contributed by atoms with E-state index < -0.39 is 0 Å². The van der Waals surface area contributed by atoms with Crippen LogP contribution in [0.5, 0.6) is 5.75 Å². The van der Waals surface area contributed by atoms with E-state index in [0.29, 0.717) is 6.54 Å². The van der Waals surface area contributed by atoms with Crippen molar-refractivity contribution in [2.24, 2.45) is 0 Å². The highest BCUT2D eigenvalue weighted by Gasteiger charge is 2.03. The Bertz CT molecular complexity index is 366. The molecule has 0 spiro atoms. The van der Waals surface area contributed by atoms with Crippen molar-refractivity contribution in [2.75, 3.05) is 19.4 Å². The number of rotatable bonds is 5. The molecule has 1 rings (SSSR count). The van der Waals surface area contributed by atoms with Gasteiger partial charge in [-0.1, -0.05) is 17.7 Å². The second-order valence-corrected chi connectivity index (χ2v) is 3.89. The van der Waals surface area contributed by atoms with Crippen LogP contribution in [0.25, 0.3) is 0 Å². The third-order valence-corrected chi connectivity index (χ3v) is 2.58. The normalized spacial score (nSPS) is 9.94. The predicted octanol–water partition coefficient (Wildman–Crippen LogP) is 1.59. The van der Waals surface area contributed by atoms with Crippen LogP contribution in [0.2, 0.25) is 0 Å². The van der Waals surface area contributed by atoms with Gasteiger partial charge in [0.05, 0.1) is 12.9 Å². The minimum absolute atomic E-state index is 0.0463. The van der Waals surface area contributed by atoms with E-state index in [4.69, 9.17) is 4.74 Å². The van der Waals surface area contributed by atoms with Gasteiger partial charge in [-0.15, -0.1) is 0 Å². The first-order valence-corrected chi connectivity index (χ1v) is 5.81. The Kier molecular flexibility index (Phi) is 5.19. The van der Waals surface area contributed by atoms with Crippen LogP contribution in [0.15, 0.2) is 18.2 Å². The van der Waals surface area contributed by atoms with E-state index in [2.05, 4.69) is 24.0 Å². The first-order chi connectivity index (χ1) is 7.67. The lowest BCUT2D eigenvalue weighted by Gasteiger charge is -2.09. The van der Waals surface area contributed by atoms with E-state index in [9.17, 15) is 4.79 Å². The molecule has 1 N–H and O–H groups in total. The van der Waals surface area contributed by atoms with Crippen molar-refractivity contribution in [1.29, 1.82) is 0 Å². The standard InChI is InChI=1S/C12H17NO2S/c1-9-3-4-11(15-2)10(7-9)5-6-13-12(14)8-16/h3-4,7,16H,5-6,8H2,1-2H3,(H,13,14). The minimum Gasteiger partial charge on any atom is -0.496 e. The molecule has 0 aliphatic heterocycles. The van der Waals surface area contributed by atoms with Crippen LogP contribution < -0.4 is 10.1 Å². The van der Waals surface area contributed by atoms with Crippen molar-refractivity contribution in [1.82, 2.24) is 5.32 Å². The van der Waals surface area contributed by atoms with Gasteiger partial charge < -0.3 is 10.1 Å². The number of methoxy groups -OCH3 is 1. The largest absolute Gasteiger partial charge is 0.496 e. The second-order valence-electron chi connectivity index (χ2n) is 3.57. The number of ether oxygens (including phenoxy) is 1. The smallest absolute Gasteiger partial charge is 0.229 e. The maximum Gasteiger partial charge on any atom is 0.229 e. The molecule has 4 heteroatoms. The zero-order valence-electron chi connectivity index (χ0n) is 9.62. The van der Waals surface area contributed by atoms with Gasteiger partial charge in [-0.2, -0.15) is 12.6 Å². The molecule has 0 aromatic heterocycles. The first-order valence-electron chi connectivity index (χ1n) is 5.18. The number of amides is 1. The van der Waals surface area contributed by atoms with E-state index in [1.165, 1.54) is 5.56 Å². The summed E-state index contributed by atoms with van der Waals surface area (Å²) in [4.78, 5) is 11.0. The van der Waals surface area contributed by atoms with Crippen LogP contribution in [0.1, 0.15) is 11.1 Å². The van der Waals surface area contributed by atoms with Crippen molar-refractivity contribution >= 4 is 18.5 Å². The first kappa shape index (κ1) is 12.9. The molecule has 0 fully saturated rings. The van der Waals surface area contributed by atoms with Crippen LogP contribution in [0, 0.1) is 6.92 Å². The van der Waals surface area contributed by atoms with Crippen LogP contribution in [-0.4, -0.2) is 25.3 Å². The zero-order valence-corrected chi connectivity index (χ0v) is 10.5. The monoisotopic (exact) mass is 239 g/mol. The van der Waals surface area contributed by atoms with Gasteiger partial charge in [0.25, 0.3) is 0 Å². The molecule has 0 aliphatic carbocycles. The maximum absolute atomic E-state index is 11.0. The lowest BCUT2D eigenvalue weighted by molar-refractivity contribution is -0.118. The van der Waals surface area contributed by atoms with Gasteiger partial charge in [-0.25, -0.2) is 0 Å². The van der Waals surface area contributed by atoms with E-state index in [-0.39, 0.29) is 11.7 Å². The number of carbonyl (C=O) groups excluding carboxylic acids is 1. The Hall–Kier alpha value is -1.16. The molecule has 0 atom stereocenters. The summed E-state index contributed by atoms with van der Waals surface area (Å²) in [6.07, 6.45) is 0.768. The molecule has 1 amide bonds. The SMILES string of the molecule is COc1ccc(C)cc1CCNC(=O)CS. The number of carbonyl (C=O) groups is 1. The summed E-state index contributed by atoms with van der Waals surface area (Å²) in [6.45, 7) is 2.65. The molecular weight excluding hydrogens is 222 g/mol. The molecule has 0 heterocycles. The maximum atomic E-state index is 11.0. The Morgan fingerprint density at radius 2 is 2.25 bits per heavy atom. The number of aryl methyl sites for hydroxylation is 1. The summed E-state index contributed by atoms with van der Waals surface area (Å²) < 4.78 is 5.26. The second kappa shape index (κ2) is 6.43. The van der Waals surface area contributed by atoms with Crippen LogP contribution in [0.3, 0.4) is 0 Å². The van der Waals surface area contributed by atoms with Crippen molar-refractivity contribution in [3.05, 3.63) is 29.3 Å². The fourth-order valence-corrected chi connectivity index (χ4v) is 1.61. The van der Waals surface area contributed by atoms with Crippen LogP contribution in [0.4, 0.5) is 0 Å². The summed E-state index contributed by atoms with van der Waals surface area (Å²) in [5.41, 5.74) is 2.30. The summed E-state index contributed by atoms with van der Waals surface area (Å²) in [5, 5.41) is 2.78. The van der Waals surface area contributed by atoms with Gasteiger partial charge in [-0.3, -0.25) is 4.79 Å². The highest BCUT2D eigenvalue weighted by Crippen LogP contribution is 2.19. The van der Waals surface area contributed by atoms with Gasteiger partial charge in [-0.05, 0) is 25.0 Å². The van der Waals surface area contributed by atoms with E-state index >= 15 is 0 Å². The van der Waals surface area contributed by atoms with E-state index in [1.807, 2.05) is 19.1 Å². The minimum atomic E-state index is -0.0463. The molecule has 0 bridgehead atoms. The van der Waals surface area contributed by atoms with Crippen molar-refractivity contribution < 1.29 is 9.53 Å². The van der Waals surface area contributed by atoms with E-state index in [0.717, 1.165) is 17.7 Å². The fourth-order valence-electron chi connectivity index (χ4n) is 1.50. The van der Waals surface area contributed by atoms with Gasteiger partial charge in [0.2, 0.25) is 5.91 Å². The van der Waals surface area contributed by atoms with Gasteiger partial charge in [0, 0.05) is 6.54 Å². The summed E-state index contributed by atoms with van der Waals surface area (Å²) >= 11 is 3.89. The number of hydrogen-bond donors (Lipinski definition) is 2. The summed E-state index contributed by atoms with van der Waals surface area (Å²) in [5.74, 6) is 1.05. The van der Waals surface area contributed by atoms with E-state index in [1.54, 1.807) is 7.11 Å². The van der Waals surface area contributed by atoms with Crippen molar-refractivity contribution in [3.8, 4) is 5.75 Å². The molecule has 1 aromatic rings. The summed E-state index contributed by atoms with van der Waals surface area (Å²) in [6, 6.07) is 6.03. The average Bonchev–Trinajstić information content (AvgIpc) is 2.29. The van der Waals surface area contributed by atoms with Crippen LogP contribution >= 0.6 is 12.6 Å². The van der Waals surface area contributed by atoms with Gasteiger partial charge >= 0.3 is 0 Å². The number of nitrogens with one attached hydrogen (secondary N) is 1. The molecule has 16 heavy (non-hydrogen) atoms. The molecule has 3 nitrogen and oxygen atoms in total. The topological polar surface area (TPSA) is 38.3 Å². The molecule has 0 saturated carbocycles. The highest BCUT2D eigenvalue weighted by molar-refractivity contribution is 7.81. The molecule has 1 aromatic carbocycles. The van der Waals surface area contributed by atoms with Crippen molar-refractivity contribution in [3.63, 3.8) is 0 Å². The molecule has 0 aliphatic rings. The predicted molar refractivity (Wildman–Crippen MR) is 68.3 cm³/mol. The highest BCUT2D eigenvalue weighted by atomic mass is 32.1. The average molecular weight is 239 g/mol. The lowest BCUT2D eigenvalue weighted by atomic mass is 10.1. The quantitative estimate of drug-likeness (QED) is 0.766. The van der Waals surface area contributed by atoms with Gasteiger partial charge in [0.1, 0.15) is 5.75 Å². The lowest BCUT2D eigenvalue weighted by Crippen LogP contribution is -2.26. The Balaban J connectivity index is 2.58.